The summed E-state index contributed by atoms with van der Waals surface area (Å²) in [5, 5.41) is 1.53. The molecule has 6 aromatic rings. The minimum absolute atomic E-state index is 0.414. The second-order valence-electron chi connectivity index (χ2n) is 19.2. The topological polar surface area (TPSA) is 8.81 Å². The number of nitrogens with zero attached hydrogens (tertiary/aromatic N) is 2. The molecule has 6 rings (SSSR count). The minimum Gasteiger partial charge on any atom is -0.0622 e. The van der Waals surface area contributed by atoms with Crippen LogP contribution in [0, 0.1) is 27.7 Å². The first-order valence-corrected chi connectivity index (χ1v) is 27.5. The standard InChI is InChI=1S/C43H62N2SeSi.2C7H8/c1-24(2)32-20-36(26(5)6)40(37(21-32)27(7)8)34-18-17-19-35(42(34)47(46)43-44(15)30(13)31(14)45(43)16)41-38(28(9)10)22-33(25(3)4)23-39(41)29(11)12;2*1-7-5-3-2-4-6-7/h17-29,47H,1-16H3;2*2-6H,1H3/t47-;;/m0../s1. The van der Waals surface area contributed by atoms with E-state index in [-0.39, 0.29) is 0 Å². The Labute approximate surface area is 382 Å². The molecule has 0 aliphatic rings. The van der Waals surface area contributed by atoms with Crippen molar-refractivity contribution in [2.24, 2.45) is 14.1 Å². The Hall–Kier alpha value is -3.95. The van der Waals surface area contributed by atoms with Gasteiger partial charge >= 0.3 is 299 Å². The van der Waals surface area contributed by atoms with Crippen molar-refractivity contribution in [3.63, 3.8) is 0 Å². The van der Waals surface area contributed by atoms with E-state index >= 15 is 0 Å². The average Bonchev–Trinajstić information content (AvgIpc) is 3.41. The van der Waals surface area contributed by atoms with E-state index in [1.807, 2.05) is 36.4 Å². The van der Waals surface area contributed by atoms with Crippen molar-refractivity contribution >= 4 is 33.4 Å². The van der Waals surface area contributed by atoms with Crippen molar-refractivity contribution in [3.8, 4) is 22.3 Å². The van der Waals surface area contributed by atoms with Crippen LogP contribution < -0.4 is 15.2 Å². The summed E-state index contributed by atoms with van der Waals surface area (Å²) in [4.78, 5) is 0. The van der Waals surface area contributed by atoms with Crippen molar-refractivity contribution in [3.05, 3.63) is 159 Å². The fraction of sp³-hybridized carbons (Fsp3) is 0.421. The van der Waals surface area contributed by atoms with Crippen LogP contribution in [0.3, 0.4) is 0 Å². The van der Waals surface area contributed by atoms with E-state index in [1.165, 1.54) is 88.8 Å². The molecule has 61 heavy (non-hydrogen) atoms. The second kappa shape index (κ2) is 21.9. The summed E-state index contributed by atoms with van der Waals surface area (Å²) in [5.74, 6) is 2.63. The Morgan fingerprint density at radius 3 is 1.03 bits per heavy atom. The number of rotatable bonds is 10. The van der Waals surface area contributed by atoms with E-state index in [0.29, 0.717) is 35.5 Å². The summed E-state index contributed by atoms with van der Waals surface area (Å²) < 4.78 is 4.93. The van der Waals surface area contributed by atoms with E-state index < -0.39 is 7.40 Å². The number of hydrogen-bond donors (Lipinski definition) is 0. The molecule has 0 aliphatic heterocycles. The first kappa shape index (κ1) is 49.7. The van der Waals surface area contributed by atoms with E-state index in [4.69, 9.17) is 0 Å². The molecule has 0 radical (unpaired) electrons. The zero-order valence-electron chi connectivity index (χ0n) is 41.2. The van der Waals surface area contributed by atoms with E-state index in [2.05, 4.69) is 216 Å². The van der Waals surface area contributed by atoms with Gasteiger partial charge in [-0.05, 0) is 13.8 Å². The number of aromatic nitrogens is 2. The molecule has 0 amide bonds. The van der Waals surface area contributed by atoms with Gasteiger partial charge in [0.25, 0.3) is 0 Å². The summed E-state index contributed by atoms with van der Waals surface area (Å²) in [7, 11) is 2.64. The maximum Gasteiger partial charge on any atom is -0.0398 e. The Balaban J connectivity index is 0.000000490. The van der Waals surface area contributed by atoms with Crippen LogP contribution in [0.2, 0.25) is 0 Å². The van der Waals surface area contributed by atoms with E-state index in [1.54, 1.807) is 0 Å². The maximum absolute atomic E-state index is 3.90. The molecule has 0 saturated carbocycles. The third kappa shape index (κ3) is 11.7. The molecule has 0 bridgehead atoms. The molecular formula is C57H78N2SeSi. The van der Waals surface area contributed by atoms with Crippen molar-refractivity contribution in [2.45, 2.75) is 146 Å². The molecule has 0 N–H and O–H groups in total. The average molecular weight is 898 g/mol. The largest absolute Gasteiger partial charge is 0.0622 e. The van der Waals surface area contributed by atoms with Gasteiger partial charge in [0.15, 0.2) is 0 Å². The van der Waals surface area contributed by atoms with Gasteiger partial charge in [-0.15, -0.1) is 0 Å². The first-order chi connectivity index (χ1) is 28.7. The molecule has 0 unspecified atom stereocenters. The molecule has 1 aromatic heterocycles. The zero-order chi connectivity index (χ0) is 45.5. The monoisotopic (exact) mass is 899 g/mol. The molecule has 0 saturated heterocycles. The van der Waals surface area contributed by atoms with Crippen LogP contribution in [0.4, 0.5) is 0 Å². The third-order valence-corrected chi connectivity index (χ3v) is 17.7. The van der Waals surface area contributed by atoms with Gasteiger partial charge in [-0.1, -0.05) is 71.8 Å². The van der Waals surface area contributed by atoms with Crippen LogP contribution in [0.25, 0.3) is 22.3 Å². The van der Waals surface area contributed by atoms with Gasteiger partial charge < -0.3 is 0 Å². The summed E-state index contributed by atoms with van der Waals surface area (Å²) in [6.07, 6.45) is 0. The van der Waals surface area contributed by atoms with Crippen molar-refractivity contribution in [1.29, 1.82) is 0 Å². The summed E-state index contributed by atoms with van der Waals surface area (Å²) in [5.41, 5.74) is 21.3. The second-order valence-corrected chi connectivity index (χ2v) is 24.0. The number of hydrogen-bond acceptors (Lipinski definition) is 0. The number of imidazole rings is 1. The summed E-state index contributed by atoms with van der Waals surface area (Å²) >= 11 is 3.90. The molecule has 0 fully saturated rings. The molecule has 0 aliphatic carbocycles. The summed E-state index contributed by atoms with van der Waals surface area (Å²) in [6, 6.07) is 37.9. The van der Waals surface area contributed by atoms with Crippen molar-refractivity contribution in [2.75, 3.05) is 0 Å². The third-order valence-electron chi connectivity index (χ3n) is 12.5. The molecule has 0 spiro atoms. The molecule has 1 heterocycles. The molecular weight excluding hydrogens is 820 g/mol. The van der Waals surface area contributed by atoms with E-state index in [9.17, 15) is 0 Å². The van der Waals surface area contributed by atoms with Crippen LogP contribution in [0.15, 0.2) is 103 Å². The van der Waals surface area contributed by atoms with Crippen molar-refractivity contribution in [1.82, 2.24) is 4.57 Å². The van der Waals surface area contributed by atoms with Crippen LogP contribution in [-0.2, 0) is 14.1 Å². The van der Waals surface area contributed by atoms with Gasteiger partial charge in [0.05, 0.1) is 0 Å². The fourth-order valence-corrected chi connectivity index (χ4v) is 14.4. The van der Waals surface area contributed by atoms with Crippen molar-refractivity contribution < 1.29 is 4.57 Å². The predicted octanol–water partition coefficient (Wildman–Crippen LogP) is 13.5. The van der Waals surface area contributed by atoms with Gasteiger partial charge in [0.1, 0.15) is 0 Å². The maximum atomic E-state index is 3.90. The van der Waals surface area contributed by atoms with Gasteiger partial charge in [-0.25, -0.2) is 0 Å². The molecule has 4 heteroatoms. The smallest absolute Gasteiger partial charge is 0.0398 e. The first-order valence-electron chi connectivity index (χ1n) is 22.9. The van der Waals surface area contributed by atoms with Gasteiger partial charge in [0, 0.05) is 0 Å². The Morgan fingerprint density at radius 1 is 0.475 bits per heavy atom. The quantitative estimate of drug-likeness (QED) is 0.0957. The summed E-state index contributed by atoms with van der Waals surface area (Å²) in [6.45, 7) is 37.1. The molecule has 1 atom stereocenters. The molecule has 5 aromatic carbocycles. The number of aryl methyl sites for hydroxylation is 2. The number of benzene rings is 5. The molecule has 2 nitrogen and oxygen atoms in total. The Morgan fingerprint density at radius 2 is 0.803 bits per heavy atom. The normalized spacial score (nSPS) is 12.0. The Bertz CT molecular complexity index is 2130. The SMILES string of the molecule is Cc1c(C)[n+](C)c([Si@@H]([Se-])c2c(-c3c(C(C)C)cc(C(C)C)cc3C(C)C)cccc2-c2c(C(C)C)cc(C(C)C)cc2C(C)C)n1C.Cc1ccccc1.Cc1ccccc1. The van der Waals surface area contributed by atoms with Gasteiger partial charge in [0.2, 0.25) is 0 Å². The zero-order valence-corrected chi connectivity index (χ0v) is 44.0. The minimum atomic E-state index is -1.89. The van der Waals surface area contributed by atoms with Crippen LogP contribution in [0.1, 0.15) is 174 Å². The van der Waals surface area contributed by atoms with Crippen LogP contribution >= 0.6 is 0 Å². The van der Waals surface area contributed by atoms with Gasteiger partial charge in [-0.2, -0.15) is 0 Å². The predicted molar refractivity (Wildman–Crippen MR) is 272 cm³/mol. The van der Waals surface area contributed by atoms with Crippen LogP contribution in [0.5, 0.6) is 0 Å². The Kier molecular flexibility index (Phi) is 17.8. The van der Waals surface area contributed by atoms with E-state index in [0.717, 1.165) is 0 Å². The van der Waals surface area contributed by atoms with Gasteiger partial charge in [-0.3, -0.25) is 0 Å². The fourth-order valence-electron chi connectivity index (χ4n) is 8.42. The molecule has 326 valence electrons. The van der Waals surface area contributed by atoms with Crippen LogP contribution in [-0.4, -0.2) is 27.3 Å².